The first kappa shape index (κ1) is 18.3. The molecule has 138 valence electrons. The van der Waals surface area contributed by atoms with Crippen molar-refractivity contribution in [2.75, 3.05) is 29.5 Å². The highest BCUT2D eigenvalue weighted by Crippen LogP contribution is 2.30. The number of pyridine rings is 1. The van der Waals surface area contributed by atoms with Crippen molar-refractivity contribution in [2.24, 2.45) is 0 Å². The average molecular weight is 364 g/mol. The van der Waals surface area contributed by atoms with Gasteiger partial charge in [-0.1, -0.05) is 18.2 Å². The molecule has 0 aliphatic rings. The van der Waals surface area contributed by atoms with E-state index in [0.717, 1.165) is 11.1 Å². The van der Waals surface area contributed by atoms with Crippen LogP contribution in [0.3, 0.4) is 0 Å². The summed E-state index contributed by atoms with van der Waals surface area (Å²) in [5, 5.41) is 14.9. The molecule has 1 amide bonds. The van der Waals surface area contributed by atoms with E-state index < -0.39 is 0 Å². The van der Waals surface area contributed by atoms with Gasteiger partial charge in [0, 0.05) is 30.8 Å². The predicted molar refractivity (Wildman–Crippen MR) is 105 cm³/mol. The molecule has 2 heterocycles. The Kier molecular flexibility index (Phi) is 5.58. The number of aliphatic hydroxyl groups is 1. The fourth-order valence-electron chi connectivity index (χ4n) is 2.54. The number of aliphatic hydroxyl groups excluding tert-OH is 1. The van der Waals surface area contributed by atoms with Crippen LogP contribution in [0.2, 0.25) is 0 Å². The number of carbonyl (C=O) groups is 1. The molecule has 0 unspecified atom stereocenters. The number of anilines is 3. The van der Waals surface area contributed by atoms with Crippen LogP contribution in [0, 0.1) is 0 Å². The zero-order chi connectivity index (χ0) is 19.2. The number of nitrogens with zero attached hydrogens (tertiary/aromatic N) is 3. The number of hydrogen-bond donors (Lipinski definition) is 4. The van der Waals surface area contributed by atoms with Gasteiger partial charge in [0.2, 0.25) is 11.9 Å². The number of nitrogens with one attached hydrogen (secondary N) is 2. The van der Waals surface area contributed by atoms with Crippen LogP contribution in [0.5, 0.6) is 0 Å². The third kappa shape index (κ3) is 4.56. The van der Waals surface area contributed by atoms with Crippen molar-refractivity contribution >= 4 is 23.4 Å². The Morgan fingerprint density at radius 1 is 1.15 bits per heavy atom. The molecular weight excluding hydrogens is 344 g/mol. The highest BCUT2D eigenvalue weighted by molar-refractivity contribution is 5.93. The number of aromatic nitrogens is 3. The Morgan fingerprint density at radius 2 is 1.93 bits per heavy atom. The molecule has 0 saturated carbocycles. The predicted octanol–water partition coefficient (Wildman–Crippen LogP) is 2.15. The number of nitrogen functional groups attached to an aromatic ring is 1. The van der Waals surface area contributed by atoms with Crippen molar-refractivity contribution in [1.82, 2.24) is 15.0 Å². The molecule has 0 aliphatic heterocycles. The number of nitrogens with two attached hydrogens (primary N) is 1. The van der Waals surface area contributed by atoms with E-state index in [-0.39, 0.29) is 12.5 Å². The van der Waals surface area contributed by atoms with Gasteiger partial charge in [0.25, 0.3) is 0 Å². The molecule has 3 rings (SSSR count). The summed E-state index contributed by atoms with van der Waals surface area (Å²) in [7, 11) is 0. The van der Waals surface area contributed by atoms with Crippen LogP contribution in [0.1, 0.15) is 6.92 Å². The van der Waals surface area contributed by atoms with E-state index >= 15 is 0 Å². The molecule has 8 nitrogen and oxygen atoms in total. The lowest BCUT2D eigenvalue weighted by atomic mass is 10.1. The standard InChI is InChI=1S/C19H20N6O2/c1-12(27)23-15-5-3-2-4-14(15)17-10-16(13-6-7-18(20)22-11-13)24-19(25-17)21-8-9-26/h2-7,10-11,26H,8-9H2,1H3,(H2,20,22)(H,23,27)(H,21,24,25). The Morgan fingerprint density at radius 3 is 2.63 bits per heavy atom. The summed E-state index contributed by atoms with van der Waals surface area (Å²) in [6.45, 7) is 1.72. The summed E-state index contributed by atoms with van der Waals surface area (Å²) >= 11 is 0. The van der Waals surface area contributed by atoms with Gasteiger partial charge in [-0.3, -0.25) is 4.79 Å². The largest absolute Gasteiger partial charge is 0.395 e. The van der Waals surface area contributed by atoms with Crippen molar-refractivity contribution in [2.45, 2.75) is 6.92 Å². The van der Waals surface area contributed by atoms with E-state index in [1.54, 1.807) is 12.3 Å². The Hall–Kier alpha value is -3.52. The van der Waals surface area contributed by atoms with Gasteiger partial charge in [-0.25, -0.2) is 15.0 Å². The number of rotatable bonds is 6. The first-order chi connectivity index (χ1) is 13.1. The van der Waals surface area contributed by atoms with E-state index in [4.69, 9.17) is 10.8 Å². The lowest BCUT2D eigenvalue weighted by Crippen LogP contribution is -2.10. The smallest absolute Gasteiger partial charge is 0.223 e. The molecule has 8 heteroatoms. The monoisotopic (exact) mass is 364 g/mol. The molecule has 0 atom stereocenters. The van der Waals surface area contributed by atoms with Crippen LogP contribution < -0.4 is 16.4 Å². The quantitative estimate of drug-likeness (QED) is 0.528. The minimum absolute atomic E-state index is 0.0468. The average Bonchev–Trinajstić information content (AvgIpc) is 2.66. The lowest BCUT2D eigenvalue weighted by Gasteiger charge is -2.13. The van der Waals surface area contributed by atoms with Crippen LogP contribution in [-0.4, -0.2) is 39.1 Å². The molecule has 0 saturated heterocycles. The third-order valence-electron chi connectivity index (χ3n) is 3.72. The summed E-state index contributed by atoms with van der Waals surface area (Å²) in [5.41, 5.74) is 9.12. The van der Waals surface area contributed by atoms with Gasteiger partial charge in [-0.05, 0) is 24.3 Å². The Bertz CT molecular complexity index is 943. The van der Waals surface area contributed by atoms with E-state index in [2.05, 4.69) is 25.6 Å². The van der Waals surface area contributed by atoms with Gasteiger partial charge in [0.05, 0.1) is 23.7 Å². The summed E-state index contributed by atoms with van der Waals surface area (Å²) in [6.07, 6.45) is 1.64. The van der Waals surface area contributed by atoms with Gasteiger partial charge >= 0.3 is 0 Å². The van der Waals surface area contributed by atoms with Gasteiger partial charge in [0.1, 0.15) is 5.82 Å². The number of benzene rings is 1. The van der Waals surface area contributed by atoms with Gasteiger partial charge in [0.15, 0.2) is 0 Å². The van der Waals surface area contributed by atoms with Crippen LogP contribution >= 0.6 is 0 Å². The molecule has 2 aromatic heterocycles. The number of para-hydroxylation sites is 1. The molecule has 0 radical (unpaired) electrons. The number of amides is 1. The maximum absolute atomic E-state index is 11.5. The van der Waals surface area contributed by atoms with Crippen LogP contribution in [0.4, 0.5) is 17.5 Å². The molecule has 0 aliphatic carbocycles. The van der Waals surface area contributed by atoms with Gasteiger partial charge in [-0.15, -0.1) is 0 Å². The normalized spacial score (nSPS) is 10.4. The summed E-state index contributed by atoms with van der Waals surface area (Å²) < 4.78 is 0. The zero-order valence-corrected chi connectivity index (χ0v) is 14.8. The van der Waals surface area contributed by atoms with Gasteiger partial charge in [-0.2, -0.15) is 0 Å². The minimum Gasteiger partial charge on any atom is -0.395 e. The second-order valence-corrected chi connectivity index (χ2v) is 5.81. The molecule has 1 aromatic carbocycles. The third-order valence-corrected chi connectivity index (χ3v) is 3.72. The molecule has 0 spiro atoms. The summed E-state index contributed by atoms with van der Waals surface area (Å²) in [4.78, 5) is 24.6. The molecule has 5 N–H and O–H groups in total. The highest BCUT2D eigenvalue weighted by atomic mass is 16.3. The first-order valence-electron chi connectivity index (χ1n) is 8.39. The number of carbonyl (C=O) groups excluding carboxylic acids is 1. The maximum atomic E-state index is 11.5. The SMILES string of the molecule is CC(=O)Nc1ccccc1-c1cc(-c2ccc(N)nc2)nc(NCCO)n1. The molecule has 0 bridgehead atoms. The Balaban J connectivity index is 2.11. The van der Waals surface area contributed by atoms with Gasteiger partial charge < -0.3 is 21.5 Å². The van der Waals surface area contributed by atoms with Crippen molar-refractivity contribution in [1.29, 1.82) is 0 Å². The highest BCUT2D eigenvalue weighted by Gasteiger charge is 2.12. The van der Waals surface area contributed by atoms with E-state index in [1.165, 1.54) is 6.92 Å². The molecular formula is C19H20N6O2. The van der Waals surface area contributed by atoms with Crippen LogP contribution in [0.25, 0.3) is 22.5 Å². The van der Waals surface area contributed by atoms with Crippen molar-refractivity contribution in [3.05, 3.63) is 48.7 Å². The molecule has 0 fully saturated rings. The van der Waals surface area contributed by atoms with Crippen LogP contribution in [-0.2, 0) is 4.79 Å². The van der Waals surface area contributed by atoms with Crippen molar-refractivity contribution in [3.63, 3.8) is 0 Å². The van der Waals surface area contributed by atoms with Crippen LogP contribution in [0.15, 0.2) is 48.7 Å². The minimum atomic E-state index is -0.168. The fraction of sp³-hybridized carbons (Fsp3) is 0.158. The van der Waals surface area contributed by atoms with E-state index in [0.29, 0.717) is 35.4 Å². The molecule has 3 aromatic rings. The van der Waals surface area contributed by atoms with E-state index in [9.17, 15) is 4.79 Å². The first-order valence-corrected chi connectivity index (χ1v) is 8.39. The molecule has 27 heavy (non-hydrogen) atoms. The summed E-state index contributed by atoms with van der Waals surface area (Å²) in [6, 6.07) is 12.7. The van der Waals surface area contributed by atoms with Crippen molar-refractivity contribution in [3.8, 4) is 22.5 Å². The summed E-state index contributed by atoms with van der Waals surface area (Å²) in [5.74, 6) is 0.617. The van der Waals surface area contributed by atoms with Crippen molar-refractivity contribution < 1.29 is 9.90 Å². The topological polar surface area (TPSA) is 126 Å². The lowest BCUT2D eigenvalue weighted by molar-refractivity contribution is -0.114. The van der Waals surface area contributed by atoms with E-state index in [1.807, 2.05) is 36.4 Å². The number of hydrogen-bond acceptors (Lipinski definition) is 7. The second kappa shape index (κ2) is 8.24. The fourth-order valence-corrected chi connectivity index (χ4v) is 2.54. The second-order valence-electron chi connectivity index (χ2n) is 5.81. The zero-order valence-electron chi connectivity index (χ0n) is 14.8. The Labute approximate surface area is 156 Å². The maximum Gasteiger partial charge on any atom is 0.223 e.